The predicted molar refractivity (Wildman–Crippen MR) is 74.0 cm³/mol. The van der Waals surface area contributed by atoms with E-state index in [1.807, 2.05) is 0 Å². The van der Waals surface area contributed by atoms with Crippen molar-refractivity contribution in [3.05, 3.63) is 34.1 Å². The fraction of sp³-hybridized carbons (Fsp3) is 0.571. The maximum atomic E-state index is 13.6. The molecule has 1 N–H and O–H groups in total. The minimum absolute atomic E-state index is 0.139. The number of rotatable bonds is 3. The van der Waals surface area contributed by atoms with Crippen molar-refractivity contribution in [2.75, 3.05) is 26.2 Å². The molecule has 1 heterocycles. The molecular weight excluding hydrogens is 295 g/mol. The van der Waals surface area contributed by atoms with Crippen LogP contribution in [0, 0.1) is 11.7 Å². The van der Waals surface area contributed by atoms with Crippen LogP contribution in [0.1, 0.15) is 24.4 Å². The van der Waals surface area contributed by atoms with Gasteiger partial charge in [0.25, 0.3) is 0 Å². The van der Waals surface area contributed by atoms with Crippen LogP contribution in [0.2, 0.25) is 0 Å². The average molecular weight is 313 g/mol. The van der Waals surface area contributed by atoms with Gasteiger partial charge in [-0.3, -0.25) is 4.90 Å². The Morgan fingerprint density at radius 1 is 1.22 bits per heavy atom. The van der Waals surface area contributed by atoms with E-state index in [0.717, 1.165) is 42.1 Å². The SMILES string of the molecule is Fc1cc(Br)cc([C@H](C2CC2)N2CCNCC2)c1. The van der Waals surface area contributed by atoms with Crippen LogP contribution in [-0.4, -0.2) is 31.1 Å². The molecule has 0 amide bonds. The Morgan fingerprint density at radius 2 is 1.94 bits per heavy atom. The van der Waals surface area contributed by atoms with Gasteiger partial charge in [-0.25, -0.2) is 4.39 Å². The molecule has 0 unspecified atom stereocenters. The van der Waals surface area contributed by atoms with Crippen LogP contribution in [0.15, 0.2) is 22.7 Å². The maximum absolute atomic E-state index is 13.6. The molecule has 18 heavy (non-hydrogen) atoms. The van der Waals surface area contributed by atoms with Crippen LogP contribution in [0.4, 0.5) is 4.39 Å². The summed E-state index contributed by atoms with van der Waals surface area (Å²) < 4.78 is 14.4. The zero-order chi connectivity index (χ0) is 12.5. The van der Waals surface area contributed by atoms with Crippen LogP contribution >= 0.6 is 15.9 Å². The third-order valence-corrected chi connectivity index (χ3v) is 4.30. The van der Waals surface area contributed by atoms with Gasteiger partial charge in [0, 0.05) is 36.7 Å². The van der Waals surface area contributed by atoms with E-state index in [2.05, 4.69) is 32.2 Å². The van der Waals surface area contributed by atoms with Gasteiger partial charge >= 0.3 is 0 Å². The third kappa shape index (κ3) is 2.76. The van der Waals surface area contributed by atoms with Gasteiger partial charge in [-0.1, -0.05) is 15.9 Å². The topological polar surface area (TPSA) is 15.3 Å². The van der Waals surface area contributed by atoms with Crippen molar-refractivity contribution in [1.82, 2.24) is 10.2 Å². The fourth-order valence-electron chi connectivity index (χ4n) is 2.90. The standard InChI is InChI=1S/C14H18BrFN2/c15-12-7-11(8-13(16)9-12)14(10-1-2-10)18-5-3-17-4-6-18/h7-10,14,17H,1-6H2/t14-/m0/s1. The highest BCUT2D eigenvalue weighted by Crippen LogP contribution is 2.45. The molecule has 1 aromatic carbocycles. The molecule has 2 aliphatic rings. The maximum Gasteiger partial charge on any atom is 0.124 e. The van der Waals surface area contributed by atoms with Crippen molar-refractivity contribution in [2.45, 2.75) is 18.9 Å². The summed E-state index contributed by atoms with van der Waals surface area (Å²) in [6.45, 7) is 4.21. The van der Waals surface area contributed by atoms with E-state index in [1.54, 1.807) is 6.07 Å². The van der Waals surface area contributed by atoms with Gasteiger partial charge in [-0.2, -0.15) is 0 Å². The molecular formula is C14H18BrFN2. The summed E-state index contributed by atoms with van der Waals surface area (Å²) in [5.41, 5.74) is 1.13. The van der Waals surface area contributed by atoms with E-state index in [0.29, 0.717) is 6.04 Å². The van der Waals surface area contributed by atoms with E-state index in [4.69, 9.17) is 0 Å². The zero-order valence-electron chi connectivity index (χ0n) is 10.3. The summed E-state index contributed by atoms with van der Waals surface area (Å²) >= 11 is 3.40. The highest BCUT2D eigenvalue weighted by atomic mass is 79.9. The normalized spacial score (nSPS) is 23.0. The average Bonchev–Trinajstić information content (AvgIpc) is 3.14. The van der Waals surface area contributed by atoms with Crippen LogP contribution in [0.3, 0.4) is 0 Å². The predicted octanol–water partition coefficient (Wildman–Crippen LogP) is 2.94. The van der Waals surface area contributed by atoms with Crippen LogP contribution in [0.25, 0.3) is 0 Å². The Balaban J connectivity index is 1.88. The van der Waals surface area contributed by atoms with Crippen LogP contribution in [0.5, 0.6) is 0 Å². The second-order valence-electron chi connectivity index (χ2n) is 5.27. The summed E-state index contributed by atoms with van der Waals surface area (Å²) in [6, 6.07) is 5.72. The number of piperazine rings is 1. The second kappa shape index (κ2) is 5.27. The molecule has 1 saturated heterocycles. The number of nitrogens with zero attached hydrogens (tertiary/aromatic N) is 1. The van der Waals surface area contributed by atoms with E-state index in [9.17, 15) is 4.39 Å². The molecule has 1 saturated carbocycles. The number of hydrogen-bond acceptors (Lipinski definition) is 2. The summed E-state index contributed by atoms with van der Waals surface area (Å²) in [5.74, 6) is 0.581. The minimum atomic E-state index is -0.139. The molecule has 2 fully saturated rings. The van der Waals surface area contributed by atoms with Gasteiger partial charge in [0.1, 0.15) is 5.82 Å². The molecule has 1 aliphatic carbocycles. The summed E-state index contributed by atoms with van der Waals surface area (Å²) in [5, 5.41) is 3.38. The van der Waals surface area contributed by atoms with Gasteiger partial charge < -0.3 is 5.32 Å². The minimum Gasteiger partial charge on any atom is -0.314 e. The smallest absolute Gasteiger partial charge is 0.124 e. The highest BCUT2D eigenvalue weighted by molar-refractivity contribution is 9.10. The Hall–Kier alpha value is -0.450. The van der Waals surface area contributed by atoms with Crippen molar-refractivity contribution in [2.24, 2.45) is 5.92 Å². The number of nitrogens with one attached hydrogen (secondary N) is 1. The van der Waals surface area contributed by atoms with Gasteiger partial charge in [-0.15, -0.1) is 0 Å². The Labute approximate surface area is 116 Å². The highest BCUT2D eigenvalue weighted by Gasteiger charge is 2.36. The molecule has 4 heteroatoms. The van der Waals surface area contributed by atoms with Gasteiger partial charge in [0.15, 0.2) is 0 Å². The van der Waals surface area contributed by atoms with Gasteiger partial charge in [-0.05, 0) is 42.5 Å². The first-order valence-corrected chi connectivity index (χ1v) is 7.44. The number of benzene rings is 1. The van der Waals surface area contributed by atoms with Crippen molar-refractivity contribution in [1.29, 1.82) is 0 Å². The lowest BCUT2D eigenvalue weighted by molar-refractivity contribution is 0.156. The first-order valence-electron chi connectivity index (χ1n) is 6.65. The summed E-state index contributed by atoms with van der Waals surface area (Å²) in [7, 11) is 0. The Morgan fingerprint density at radius 3 is 2.56 bits per heavy atom. The Bertz CT molecular complexity index is 408. The number of hydrogen-bond donors (Lipinski definition) is 1. The summed E-state index contributed by atoms with van der Waals surface area (Å²) in [6.07, 6.45) is 2.56. The molecule has 1 aliphatic heterocycles. The largest absolute Gasteiger partial charge is 0.314 e. The first kappa shape index (κ1) is 12.6. The van der Waals surface area contributed by atoms with E-state index >= 15 is 0 Å². The van der Waals surface area contributed by atoms with Crippen molar-refractivity contribution in [3.63, 3.8) is 0 Å². The molecule has 98 valence electrons. The zero-order valence-corrected chi connectivity index (χ0v) is 11.9. The molecule has 2 nitrogen and oxygen atoms in total. The molecule has 0 bridgehead atoms. The van der Waals surface area contributed by atoms with Crippen molar-refractivity contribution in [3.8, 4) is 0 Å². The van der Waals surface area contributed by atoms with E-state index < -0.39 is 0 Å². The molecule has 0 spiro atoms. The lowest BCUT2D eigenvalue weighted by Gasteiger charge is -2.35. The third-order valence-electron chi connectivity index (χ3n) is 3.84. The monoisotopic (exact) mass is 312 g/mol. The quantitative estimate of drug-likeness (QED) is 0.923. The molecule has 1 aromatic rings. The van der Waals surface area contributed by atoms with Crippen LogP contribution in [-0.2, 0) is 0 Å². The molecule has 3 rings (SSSR count). The molecule has 1 atom stereocenters. The molecule has 0 aromatic heterocycles. The van der Waals surface area contributed by atoms with E-state index in [-0.39, 0.29) is 5.82 Å². The lowest BCUT2D eigenvalue weighted by Crippen LogP contribution is -2.45. The fourth-order valence-corrected chi connectivity index (χ4v) is 3.38. The van der Waals surface area contributed by atoms with Gasteiger partial charge in [0.2, 0.25) is 0 Å². The van der Waals surface area contributed by atoms with Crippen LogP contribution < -0.4 is 5.32 Å². The lowest BCUT2D eigenvalue weighted by atomic mass is 9.99. The van der Waals surface area contributed by atoms with E-state index in [1.165, 1.54) is 18.9 Å². The first-order chi connectivity index (χ1) is 8.74. The van der Waals surface area contributed by atoms with Crippen molar-refractivity contribution < 1.29 is 4.39 Å². The number of halogens is 2. The summed E-state index contributed by atoms with van der Waals surface area (Å²) in [4.78, 5) is 2.51. The van der Waals surface area contributed by atoms with Crippen molar-refractivity contribution >= 4 is 15.9 Å². The molecule has 0 radical (unpaired) electrons. The van der Waals surface area contributed by atoms with Gasteiger partial charge in [0.05, 0.1) is 0 Å². The Kier molecular flexibility index (Phi) is 3.68. The second-order valence-corrected chi connectivity index (χ2v) is 6.19.